The summed E-state index contributed by atoms with van der Waals surface area (Å²) in [6.45, 7) is 1.63. The van der Waals surface area contributed by atoms with Gasteiger partial charge in [0.15, 0.2) is 0 Å². The molecule has 0 atom stereocenters. The van der Waals surface area contributed by atoms with E-state index in [9.17, 15) is 9.59 Å². The molecule has 0 aliphatic rings. The van der Waals surface area contributed by atoms with Crippen LogP contribution in [0.4, 0.5) is 5.69 Å². The highest BCUT2D eigenvalue weighted by Gasteiger charge is 2.16. The maximum absolute atomic E-state index is 11.7. The van der Waals surface area contributed by atoms with Crippen LogP contribution in [0, 0.1) is 6.92 Å². The zero-order valence-electron chi connectivity index (χ0n) is 10.4. The number of anilines is 1. The van der Waals surface area contributed by atoms with Gasteiger partial charge in [0, 0.05) is 22.8 Å². The quantitative estimate of drug-likeness (QED) is 0.757. The van der Waals surface area contributed by atoms with Crippen molar-refractivity contribution in [1.29, 1.82) is 0 Å². The summed E-state index contributed by atoms with van der Waals surface area (Å²) >= 11 is 7.13. The van der Waals surface area contributed by atoms with Crippen molar-refractivity contribution in [3.63, 3.8) is 0 Å². The summed E-state index contributed by atoms with van der Waals surface area (Å²) in [5.41, 5.74) is 0.793. The van der Waals surface area contributed by atoms with E-state index in [1.807, 2.05) is 0 Å². The standard InChI is InChI=1S/C13H11ClN2O3S/c1-7-12(13(18)19)9(6-15-7)16-11(17)5-3-8-2-4-10(14)20-8/h2-6,15H,1H3,(H,16,17)(H,18,19)/b5-3+. The lowest BCUT2D eigenvalue weighted by Crippen LogP contribution is -2.10. The Hall–Kier alpha value is -2.05. The minimum Gasteiger partial charge on any atom is -0.478 e. The Bertz CT molecular complexity index is 688. The average Bonchev–Trinajstić information content (AvgIpc) is 2.93. The number of aromatic amines is 1. The predicted molar refractivity (Wildman–Crippen MR) is 79.5 cm³/mol. The van der Waals surface area contributed by atoms with Gasteiger partial charge >= 0.3 is 5.97 Å². The number of carboxylic acids is 1. The lowest BCUT2D eigenvalue weighted by molar-refractivity contribution is -0.111. The van der Waals surface area contributed by atoms with Crippen molar-refractivity contribution in [2.24, 2.45) is 0 Å². The Kier molecular flexibility index (Phi) is 4.26. The Balaban J connectivity index is 2.09. The first-order valence-corrected chi connectivity index (χ1v) is 6.82. The fourth-order valence-corrected chi connectivity index (χ4v) is 2.61. The van der Waals surface area contributed by atoms with E-state index in [0.29, 0.717) is 10.0 Å². The number of aromatic carboxylic acids is 1. The number of hydrogen-bond acceptors (Lipinski definition) is 3. The van der Waals surface area contributed by atoms with Gasteiger partial charge in [-0.25, -0.2) is 4.79 Å². The highest BCUT2D eigenvalue weighted by atomic mass is 35.5. The molecule has 1 amide bonds. The predicted octanol–water partition coefficient (Wildman–Crippen LogP) is 3.39. The number of carboxylic acid groups (broad SMARTS) is 1. The molecular formula is C13H11ClN2O3S. The van der Waals surface area contributed by atoms with Gasteiger partial charge in [0.2, 0.25) is 5.91 Å². The summed E-state index contributed by atoms with van der Waals surface area (Å²) in [6, 6.07) is 3.53. The van der Waals surface area contributed by atoms with Crippen LogP contribution in [0.3, 0.4) is 0 Å². The van der Waals surface area contributed by atoms with Crippen LogP contribution in [0.1, 0.15) is 20.9 Å². The molecule has 5 nitrogen and oxygen atoms in total. The van der Waals surface area contributed by atoms with Gasteiger partial charge in [-0.1, -0.05) is 11.6 Å². The van der Waals surface area contributed by atoms with E-state index < -0.39 is 11.9 Å². The summed E-state index contributed by atoms with van der Waals surface area (Å²) < 4.78 is 0.638. The molecule has 104 valence electrons. The monoisotopic (exact) mass is 310 g/mol. The second kappa shape index (κ2) is 5.94. The molecule has 2 aromatic rings. The Morgan fingerprint density at radius 2 is 2.20 bits per heavy atom. The lowest BCUT2D eigenvalue weighted by atomic mass is 10.2. The molecule has 20 heavy (non-hydrogen) atoms. The van der Waals surface area contributed by atoms with Crippen molar-refractivity contribution >= 4 is 46.6 Å². The third kappa shape index (κ3) is 3.28. The highest BCUT2D eigenvalue weighted by Crippen LogP contribution is 2.23. The van der Waals surface area contributed by atoms with Gasteiger partial charge in [0.1, 0.15) is 5.56 Å². The van der Waals surface area contributed by atoms with E-state index in [4.69, 9.17) is 16.7 Å². The zero-order valence-corrected chi connectivity index (χ0v) is 12.0. The van der Waals surface area contributed by atoms with Crippen molar-refractivity contribution in [2.45, 2.75) is 6.92 Å². The molecule has 0 aliphatic carbocycles. The number of aryl methyl sites for hydroxylation is 1. The van der Waals surface area contributed by atoms with Crippen LogP contribution in [0.15, 0.2) is 24.4 Å². The number of thiophene rings is 1. The molecule has 3 N–H and O–H groups in total. The molecule has 0 radical (unpaired) electrons. The van der Waals surface area contributed by atoms with E-state index >= 15 is 0 Å². The van der Waals surface area contributed by atoms with Crippen LogP contribution >= 0.6 is 22.9 Å². The summed E-state index contributed by atoms with van der Waals surface area (Å²) in [4.78, 5) is 26.4. The summed E-state index contributed by atoms with van der Waals surface area (Å²) in [5, 5.41) is 11.6. The number of aromatic nitrogens is 1. The van der Waals surface area contributed by atoms with Gasteiger partial charge in [0.25, 0.3) is 0 Å². The topological polar surface area (TPSA) is 82.2 Å². The largest absolute Gasteiger partial charge is 0.478 e. The van der Waals surface area contributed by atoms with Gasteiger partial charge < -0.3 is 15.4 Å². The molecule has 2 rings (SSSR count). The number of nitrogens with one attached hydrogen (secondary N) is 2. The fourth-order valence-electron chi connectivity index (χ4n) is 1.65. The number of carbonyl (C=O) groups excluding carboxylic acids is 1. The first kappa shape index (κ1) is 14.4. The number of carbonyl (C=O) groups is 2. The fraction of sp³-hybridized carbons (Fsp3) is 0.0769. The van der Waals surface area contributed by atoms with Crippen molar-refractivity contribution in [3.05, 3.63) is 44.9 Å². The first-order chi connectivity index (χ1) is 9.47. The Morgan fingerprint density at radius 1 is 1.45 bits per heavy atom. The smallest absolute Gasteiger partial charge is 0.339 e. The van der Waals surface area contributed by atoms with E-state index in [1.165, 1.54) is 23.6 Å². The number of halogens is 1. The van der Waals surface area contributed by atoms with E-state index in [-0.39, 0.29) is 11.3 Å². The summed E-state index contributed by atoms with van der Waals surface area (Å²) in [5.74, 6) is -1.50. The molecule has 0 bridgehead atoms. The third-order valence-corrected chi connectivity index (χ3v) is 3.74. The van der Waals surface area contributed by atoms with Crippen molar-refractivity contribution in [1.82, 2.24) is 4.98 Å². The molecule has 2 heterocycles. The van der Waals surface area contributed by atoms with Gasteiger partial charge in [-0.3, -0.25) is 4.79 Å². The number of amides is 1. The molecule has 2 aromatic heterocycles. The lowest BCUT2D eigenvalue weighted by Gasteiger charge is -2.01. The van der Waals surface area contributed by atoms with E-state index in [1.54, 1.807) is 25.1 Å². The number of H-pyrrole nitrogens is 1. The van der Waals surface area contributed by atoms with E-state index in [0.717, 1.165) is 4.88 Å². The average molecular weight is 311 g/mol. The molecule has 0 spiro atoms. The second-order valence-corrected chi connectivity index (χ2v) is 5.72. The number of rotatable bonds is 4. The minimum atomic E-state index is -1.09. The SMILES string of the molecule is Cc1[nH]cc(NC(=O)/C=C/c2ccc(Cl)s2)c1C(=O)O. The third-order valence-electron chi connectivity index (χ3n) is 2.54. The van der Waals surface area contributed by atoms with Crippen molar-refractivity contribution in [2.75, 3.05) is 5.32 Å². The van der Waals surface area contributed by atoms with Crippen LogP contribution in [0.25, 0.3) is 6.08 Å². The summed E-state index contributed by atoms with van der Waals surface area (Å²) in [6.07, 6.45) is 4.40. The van der Waals surface area contributed by atoms with Crippen LogP contribution in [0.5, 0.6) is 0 Å². The van der Waals surface area contributed by atoms with Crippen LogP contribution < -0.4 is 5.32 Å². The van der Waals surface area contributed by atoms with Gasteiger partial charge in [-0.15, -0.1) is 11.3 Å². The molecule has 0 saturated carbocycles. The van der Waals surface area contributed by atoms with Gasteiger partial charge in [-0.2, -0.15) is 0 Å². The molecule has 0 aromatic carbocycles. The highest BCUT2D eigenvalue weighted by molar-refractivity contribution is 7.17. The maximum Gasteiger partial charge on any atom is 0.339 e. The minimum absolute atomic E-state index is 0.0610. The molecule has 0 saturated heterocycles. The first-order valence-electron chi connectivity index (χ1n) is 5.63. The molecule has 0 aliphatic heterocycles. The normalized spacial score (nSPS) is 10.9. The summed E-state index contributed by atoms with van der Waals surface area (Å²) in [7, 11) is 0. The van der Waals surface area contributed by atoms with Gasteiger partial charge in [-0.05, 0) is 25.1 Å². The molecule has 0 unspecified atom stereocenters. The molecule has 7 heteroatoms. The van der Waals surface area contributed by atoms with Crippen molar-refractivity contribution < 1.29 is 14.7 Å². The van der Waals surface area contributed by atoms with E-state index in [2.05, 4.69) is 10.3 Å². The van der Waals surface area contributed by atoms with Crippen LogP contribution in [-0.2, 0) is 4.79 Å². The maximum atomic E-state index is 11.7. The van der Waals surface area contributed by atoms with Gasteiger partial charge in [0.05, 0.1) is 10.0 Å². The molecular weight excluding hydrogens is 300 g/mol. The second-order valence-electron chi connectivity index (χ2n) is 3.97. The zero-order chi connectivity index (χ0) is 14.7. The van der Waals surface area contributed by atoms with Crippen LogP contribution in [0.2, 0.25) is 4.34 Å². The molecule has 0 fully saturated rings. The van der Waals surface area contributed by atoms with Crippen molar-refractivity contribution in [3.8, 4) is 0 Å². The van der Waals surface area contributed by atoms with Crippen LogP contribution in [-0.4, -0.2) is 22.0 Å². The Morgan fingerprint density at radius 3 is 2.80 bits per heavy atom. The Labute approximate surface area is 123 Å². The number of hydrogen-bond donors (Lipinski definition) is 3.